The lowest BCUT2D eigenvalue weighted by Gasteiger charge is -2.09. The molecule has 0 atom stereocenters. The molecule has 0 radical (unpaired) electrons. The molecule has 30 heavy (non-hydrogen) atoms. The van der Waals surface area contributed by atoms with Crippen LogP contribution in [0.5, 0.6) is 0 Å². The van der Waals surface area contributed by atoms with Crippen molar-refractivity contribution >= 4 is 55.1 Å². The fraction of sp³-hybridized carbons (Fsp3) is 0.100. The second kappa shape index (κ2) is 8.60. The number of fused-ring (bicyclic) bond motifs is 3. The number of H-pyrrole nitrogens is 2. The van der Waals surface area contributed by atoms with Crippen LogP contribution in [-0.2, 0) is 14.8 Å². The molecule has 0 fully saturated rings. The molecule has 2 aromatic carbocycles. The molecular formula is C20H17ClN3O5S-. The minimum absolute atomic E-state index is 0.101. The van der Waals surface area contributed by atoms with E-state index in [1.54, 1.807) is 48.7 Å². The molecule has 10 heteroatoms. The highest BCUT2D eigenvalue weighted by Crippen LogP contribution is 2.25. The van der Waals surface area contributed by atoms with E-state index in [-0.39, 0.29) is 16.9 Å². The van der Waals surface area contributed by atoms with Crippen molar-refractivity contribution in [2.75, 3.05) is 4.72 Å². The second-order valence-electron chi connectivity index (χ2n) is 6.27. The van der Waals surface area contributed by atoms with Gasteiger partial charge in [-0.2, -0.15) is 0 Å². The average Bonchev–Trinajstić information content (AvgIpc) is 3.21. The maximum absolute atomic E-state index is 12.6. The summed E-state index contributed by atoms with van der Waals surface area (Å²) in [6, 6.07) is 12.7. The van der Waals surface area contributed by atoms with Crippen molar-refractivity contribution in [2.24, 2.45) is 0 Å². The van der Waals surface area contributed by atoms with Gasteiger partial charge in [-0.05, 0) is 55.0 Å². The van der Waals surface area contributed by atoms with Crippen LogP contribution in [0.3, 0.4) is 0 Å². The van der Waals surface area contributed by atoms with E-state index in [4.69, 9.17) is 11.6 Å². The van der Waals surface area contributed by atoms with E-state index in [9.17, 15) is 23.1 Å². The quantitative estimate of drug-likeness (QED) is 0.442. The van der Waals surface area contributed by atoms with Crippen LogP contribution in [0.25, 0.3) is 21.8 Å². The van der Waals surface area contributed by atoms with Crippen LogP contribution in [0.1, 0.15) is 13.3 Å². The van der Waals surface area contributed by atoms with Crippen molar-refractivity contribution in [2.45, 2.75) is 18.2 Å². The first-order valence-corrected chi connectivity index (χ1v) is 10.7. The first kappa shape index (κ1) is 21.4. The third-order valence-corrected chi connectivity index (χ3v) is 5.83. The number of aliphatic carboxylic acids is 1. The van der Waals surface area contributed by atoms with E-state index in [1.807, 2.05) is 0 Å². The Hall–Kier alpha value is -3.30. The van der Waals surface area contributed by atoms with E-state index in [1.165, 1.54) is 13.0 Å². The number of hydrogen-bond acceptors (Lipinski definition) is 5. The number of hydrogen-bond donors (Lipinski definition) is 3. The maximum atomic E-state index is 12.6. The van der Waals surface area contributed by atoms with Crippen LogP contribution in [0, 0.1) is 0 Å². The van der Waals surface area contributed by atoms with Crippen molar-refractivity contribution in [1.82, 2.24) is 9.97 Å². The molecule has 0 spiro atoms. The fourth-order valence-electron chi connectivity index (χ4n) is 2.72. The smallest absolute Gasteiger partial charge is 0.272 e. The molecule has 8 nitrogen and oxygen atoms in total. The third kappa shape index (κ3) is 4.64. The van der Waals surface area contributed by atoms with Crippen molar-refractivity contribution in [3.63, 3.8) is 0 Å². The Labute approximate surface area is 176 Å². The van der Waals surface area contributed by atoms with Crippen molar-refractivity contribution in [3.8, 4) is 0 Å². The third-order valence-electron chi connectivity index (χ3n) is 4.20. The van der Waals surface area contributed by atoms with Gasteiger partial charge in [-0.3, -0.25) is 9.52 Å². The van der Waals surface area contributed by atoms with Gasteiger partial charge in [0.05, 0.1) is 4.90 Å². The lowest BCUT2D eigenvalue weighted by atomic mass is 10.1. The van der Waals surface area contributed by atoms with Gasteiger partial charge in [0.1, 0.15) is 5.52 Å². The summed E-state index contributed by atoms with van der Waals surface area (Å²) < 4.78 is 27.8. The summed E-state index contributed by atoms with van der Waals surface area (Å²) in [5, 5.41) is 11.1. The Morgan fingerprint density at radius 3 is 2.40 bits per heavy atom. The summed E-state index contributed by atoms with van der Waals surface area (Å²) in [6.07, 6.45) is 1.76. The molecule has 0 amide bonds. The molecule has 4 aromatic rings. The average molecular weight is 447 g/mol. The van der Waals surface area contributed by atoms with Crippen LogP contribution in [0.15, 0.2) is 64.4 Å². The number of carbonyl (C=O) groups excluding carboxylic acids is 1. The Balaban J connectivity index is 0.000000461. The molecular weight excluding hydrogens is 430 g/mol. The number of pyridine rings is 1. The minimum atomic E-state index is -3.77. The predicted molar refractivity (Wildman–Crippen MR) is 114 cm³/mol. The van der Waals surface area contributed by atoms with Gasteiger partial charge in [0.25, 0.3) is 15.6 Å². The van der Waals surface area contributed by atoms with Gasteiger partial charge in [-0.1, -0.05) is 18.5 Å². The molecule has 0 unspecified atom stereocenters. The number of benzene rings is 2. The first-order valence-electron chi connectivity index (χ1n) is 8.82. The molecule has 0 aliphatic carbocycles. The zero-order chi connectivity index (χ0) is 21.9. The zero-order valence-electron chi connectivity index (χ0n) is 15.7. The molecule has 0 aliphatic rings. The summed E-state index contributed by atoms with van der Waals surface area (Å²) in [6.45, 7) is 1.54. The molecule has 156 valence electrons. The molecule has 0 saturated heterocycles. The maximum Gasteiger partial charge on any atom is 0.272 e. The SMILES string of the molecule is CCC(=O)[O-].O=c1[nH]c2ccc(S(=O)(=O)Nc3ccc(Cl)cc3)cc2c2cc[nH]c12. The second-order valence-corrected chi connectivity index (χ2v) is 8.38. The number of sulfonamides is 1. The molecule has 0 saturated carbocycles. The van der Waals surface area contributed by atoms with E-state index in [0.29, 0.717) is 32.5 Å². The number of carboxylic acids is 1. The first-order chi connectivity index (χ1) is 14.2. The summed E-state index contributed by atoms with van der Waals surface area (Å²) in [5.74, 6) is -0.995. The van der Waals surface area contributed by atoms with Gasteiger partial charge < -0.3 is 19.9 Å². The lowest BCUT2D eigenvalue weighted by molar-refractivity contribution is -0.305. The highest BCUT2D eigenvalue weighted by Gasteiger charge is 2.16. The van der Waals surface area contributed by atoms with E-state index < -0.39 is 16.0 Å². The van der Waals surface area contributed by atoms with Crippen molar-refractivity contribution in [1.29, 1.82) is 0 Å². The van der Waals surface area contributed by atoms with E-state index in [2.05, 4.69) is 14.7 Å². The molecule has 2 heterocycles. The van der Waals surface area contributed by atoms with Crippen LogP contribution >= 0.6 is 11.6 Å². The number of nitrogens with one attached hydrogen (secondary N) is 3. The van der Waals surface area contributed by atoms with Crippen molar-refractivity contribution in [3.05, 3.63) is 70.1 Å². The van der Waals surface area contributed by atoms with Crippen LogP contribution in [0.2, 0.25) is 5.02 Å². The largest absolute Gasteiger partial charge is 0.550 e. The van der Waals surface area contributed by atoms with E-state index >= 15 is 0 Å². The fourth-order valence-corrected chi connectivity index (χ4v) is 3.93. The number of anilines is 1. The molecule has 0 aliphatic heterocycles. The van der Waals surface area contributed by atoms with Gasteiger partial charge >= 0.3 is 0 Å². The Kier molecular flexibility index (Phi) is 6.14. The summed E-state index contributed by atoms with van der Waals surface area (Å²) >= 11 is 5.81. The standard InChI is InChI=1S/C17H12ClN3O3S.C3H6O2/c18-10-1-3-11(4-2-10)21-25(23,24)12-5-6-15-14(9-12)13-7-8-19-16(13)17(22)20-15;1-2-3(4)5/h1-9,19,21H,(H,20,22);2H2,1H3,(H,4,5)/p-1. The number of carboxylic acid groups (broad SMARTS) is 1. The normalized spacial score (nSPS) is 11.1. The number of carbonyl (C=O) groups is 1. The zero-order valence-corrected chi connectivity index (χ0v) is 17.3. The van der Waals surface area contributed by atoms with E-state index in [0.717, 1.165) is 0 Å². The van der Waals surface area contributed by atoms with Crippen LogP contribution in [0.4, 0.5) is 5.69 Å². The van der Waals surface area contributed by atoms with Gasteiger partial charge in [-0.15, -0.1) is 0 Å². The predicted octanol–water partition coefficient (Wildman–Crippen LogP) is 2.61. The van der Waals surface area contributed by atoms with Gasteiger partial charge in [0.2, 0.25) is 0 Å². The molecule has 4 rings (SSSR count). The Morgan fingerprint density at radius 2 is 1.77 bits per heavy atom. The highest BCUT2D eigenvalue weighted by atomic mass is 35.5. The minimum Gasteiger partial charge on any atom is -0.550 e. The number of aromatic amines is 2. The molecule has 2 aromatic heterocycles. The van der Waals surface area contributed by atoms with Crippen molar-refractivity contribution < 1.29 is 18.3 Å². The number of aromatic nitrogens is 2. The topological polar surface area (TPSA) is 135 Å². The van der Waals surface area contributed by atoms with Gasteiger partial charge in [0.15, 0.2) is 0 Å². The number of halogens is 1. The van der Waals surface area contributed by atoms with Crippen LogP contribution < -0.4 is 15.4 Å². The van der Waals surface area contributed by atoms with Gasteiger partial charge in [-0.25, -0.2) is 8.42 Å². The summed E-state index contributed by atoms with van der Waals surface area (Å²) in [5.41, 5.74) is 1.15. The Bertz CT molecular complexity index is 1380. The Morgan fingerprint density at radius 1 is 1.10 bits per heavy atom. The lowest BCUT2D eigenvalue weighted by Crippen LogP contribution is -2.19. The summed E-state index contributed by atoms with van der Waals surface area (Å²) in [4.78, 5) is 26.9. The highest BCUT2D eigenvalue weighted by molar-refractivity contribution is 7.92. The van der Waals surface area contributed by atoms with Gasteiger partial charge in [0, 0.05) is 39.2 Å². The monoisotopic (exact) mass is 446 g/mol. The molecule has 3 N–H and O–H groups in total. The summed E-state index contributed by atoms with van der Waals surface area (Å²) in [7, 11) is -3.77. The van der Waals surface area contributed by atoms with Crippen LogP contribution in [-0.4, -0.2) is 24.4 Å². The molecule has 0 bridgehead atoms. The number of rotatable bonds is 4.